The fourth-order valence-corrected chi connectivity index (χ4v) is 0.865. The molecular formula is C9H11N3O. The van der Waals surface area contributed by atoms with Gasteiger partial charge in [0.1, 0.15) is 5.69 Å². The van der Waals surface area contributed by atoms with Crippen molar-refractivity contribution in [2.24, 2.45) is 5.73 Å². The van der Waals surface area contributed by atoms with Crippen molar-refractivity contribution < 1.29 is 4.79 Å². The number of aromatic nitrogens is 1. The van der Waals surface area contributed by atoms with E-state index >= 15 is 0 Å². The van der Waals surface area contributed by atoms with Gasteiger partial charge in [-0.25, -0.2) is 0 Å². The normalized spacial score (nSPS) is 9.23. The van der Waals surface area contributed by atoms with Crippen LogP contribution in [-0.4, -0.2) is 17.4 Å². The molecule has 4 heteroatoms. The third-order valence-corrected chi connectivity index (χ3v) is 1.46. The lowest BCUT2D eigenvalue weighted by Crippen LogP contribution is -2.13. The van der Waals surface area contributed by atoms with Gasteiger partial charge in [0.2, 0.25) is 0 Å². The summed E-state index contributed by atoms with van der Waals surface area (Å²) >= 11 is 0. The highest BCUT2D eigenvalue weighted by atomic mass is 16.1. The molecule has 68 valence electrons. The lowest BCUT2D eigenvalue weighted by Gasteiger charge is -2.02. The van der Waals surface area contributed by atoms with Gasteiger partial charge in [0.15, 0.2) is 0 Å². The van der Waals surface area contributed by atoms with Gasteiger partial charge < -0.3 is 11.1 Å². The molecule has 1 heterocycles. The molecular weight excluding hydrogens is 166 g/mol. The predicted molar refractivity (Wildman–Crippen MR) is 51.4 cm³/mol. The summed E-state index contributed by atoms with van der Waals surface area (Å²) in [5, 5.41) is 3.02. The molecule has 13 heavy (non-hydrogen) atoms. The number of nitrogens with one attached hydrogen (secondary N) is 1. The van der Waals surface area contributed by atoms with Crippen LogP contribution in [0, 0.1) is 0 Å². The van der Waals surface area contributed by atoms with Crippen molar-refractivity contribution in [3.05, 3.63) is 36.7 Å². The minimum atomic E-state index is -0.526. The second-order valence-corrected chi connectivity index (χ2v) is 2.46. The molecule has 0 saturated carbocycles. The molecule has 1 amide bonds. The first-order valence-corrected chi connectivity index (χ1v) is 3.84. The van der Waals surface area contributed by atoms with Gasteiger partial charge in [0.05, 0.1) is 0 Å². The maximum Gasteiger partial charge on any atom is 0.267 e. The van der Waals surface area contributed by atoms with E-state index in [4.69, 9.17) is 5.73 Å². The van der Waals surface area contributed by atoms with Crippen molar-refractivity contribution in [1.29, 1.82) is 0 Å². The van der Waals surface area contributed by atoms with Gasteiger partial charge >= 0.3 is 0 Å². The minimum Gasteiger partial charge on any atom is -0.381 e. The third-order valence-electron chi connectivity index (χ3n) is 1.46. The summed E-state index contributed by atoms with van der Waals surface area (Å²) in [5.41, 5.74) is 6.13. The second-order valence-electron chi connectivity index (χ2n) is 2.46. The fourth-order valence-electron chi connectivity index (χ4n) is 0.865. The minimum absolute atomic E-state index is 0.258. The Bertz CT molecular complexity index is 322. The zero-order chi connectivity index (χ0) is 9.68. The van der Waals surface area contributed by atoms with E-state index in [9.17, 15) is 4.79 Å². The van der Waals surface area contributed by atoms with Crippen LogP contribution in [0.4, 0.5) is 5.69 Å². The molecule has 0 saturated heterocycles. The molecule has 3 N–H and O–H groups in total. The molecule has 1 aromatic heterocycles. The van der Waals surface area contributed by atoms with E-state index in [-0.39, 0.29) is 5.69 Å². The average Bonchev–Trinajstić information content (AvgIpc) is 2.15. The van der Waals surface area contributed by atoms with Crippen LogP contribution in [0.25, 0.3) is 0 Å². The van der Waals surface area contributed by atoms with Gasteiger partial charge in [0.25, 0.3) is 5.91 Å². The molecule has 0 spiro atoms. The number of anilines is 1. The Labute approximate surface area is 76.5 Å². The van der Waals surface area contributed by atoms with Crippen LogP contribution >= 0.6 is 0 Å². The highest BCUT2D eigenvalue weighted by Crippen LogP contribution is 2.06. The Balaban J connectivity index is 2.79. The van der Waals surface area contributed by atoms with Crippen molar-refractivity contribution in [3.8, 4) is 0 Å². The van der Waals surface area contributed by atoms with E-state index < -0.39 is 5.91 Å². The molecule has 0 aliphatic carbocycles. The van der Waals surface area contributed by atoms with E-state index in [0.29, 0.717) is 6.54 Å². The first-order valence-electron chi connectivity index (χ1n) is 3.84. The molecule has 0 bridgehead atoms. The molecule has 0 aliphatic heterocycles. The maximum atomic E-state index is 10.7. The number of nitrogens with zero attached hydrogens (tertiary/aromatic N) is 1. The number of carbonyl (C=O) groups is 1. The molecule has 0 fully saturated rings. The van der Waals surface area contributed by atoms with Gasteiger partial charge in [0, 0.05) is 18.4 Å². The quantitative estimate of drug-likeness (QED) is 0.668. The summed E-state index contributed by atoms with van der Waals surface area (Å²) in [7, 11) is 0. The Morgan fingerprint density at radius 2 is 2.54 bits per heavy atom. The number of rotatable bonds is 4. The van der Waals surface area contributed by atoms with Gasteiger partial charge in [-0.2, -0.15) is 0 Å². The van der Waals surface area contributed by atoms with Crippen LogP contribution in [0.1, 0.15) is 10.5 Å². The monoisotopic (exact) mass is 177 g/mol. The van der Waals surface area contributed by atoms with Crippen molar-refractivity contribution in [1.82, 2.24) is 4.98 Å². The Hall–Kier alpha value is -1.84. The van der Waals surface area contributed by atoms with E-state index in [2.05, 4.69) is 16.9 Å². The molecule has 0 atom stereocenters. The number of hydrogen-bond acceptors (Lipinski definition) is 3. The maximum absolute atomic E-state index is 10.7. The summed E-state index contributed by atoms with van der Waals surface area (Å²) < 4.78 is 0. The van der Waals surface area contributed by atoms with Gasteiger partial charge in [-0.1, -0.05) is 6.08 Å². The van der Waals surface area contributed by atoms with Crippen LogP contribution in [0.5, 0.6) is 0 Å². The van der Waals surface area contributed by atoms with Gasteiger partial charge in [-0.05, 0) is 12.1 Å². The zero-order valence-electron chi connectivity index (χ0n) is 7.16. The molecule has 1 rings (SSSR count). The van der Waals surface area contributed by atoms with Crippen LogP contribution in [-0.2, 0) is 0 Å². The second kappa shape index (κ2) is 4.25. The number of nitrogens with two attached hydrogens (primary N) is 1. The number of amides is 1. The van der Waals surface area contributed by atoms with Crippen LogP contribution in [0.2, 0.25) is 0 Å². The first kappa shape index (κ1) is 9.25. The van der Waals surface area contributed by atoms with Crippen LogP contribution in [0.15, 0.2) is 31.0 Å². The molecule has 0 aromatic carbocycles. The molecule has 0 aliphatic rings. The smallest absolute Gasteiger partial charge is 0.267 e. The Kier molecular flexibility index (Phi) is 3.03. The number of hydrogen-bond donors (Lipinski definition) is 2. The number of primary amides is 1. The van der Waals surface area contributed by atoms with Crippen LogP contribution < -0.4 is 11.1 Å². The van der Waals surface area contributed by atoms with E-state index in [1.54, 1.807) is 18.2 Å². The highest BCUT2D eigenvalue weighted by Gasteiger charge is 2.01. The summed E-state index contributed by atoms with van der Waals surface area (Å²) in [5.74, 6) is -0.526. The Morgan fingerprint density at radius 3 is 3.15 bits per heavy atom. The van der Waals surface area contributed by atoms with Crippen molar-refractivity contribution in [3.63, 3.8) is 0 Å². The summed E-state index contributed by atoms with van der Waals surface area (Å²) in [6, 6.07) is 3.36. The highest BCUT2D eigenvalue weighted by molar-refractivity contribution is 5.91. The standard InChI is InChI=1S/C9H11N3O/c1-2-4-11-7-3-5-12-8(6-7)9(10)13/h2-3,5-6H,1,4H2,(H2,10,13)(H,11,12). The molecule has 0 unspecified atom stereocenters. The zero-order valence-corrected chi connectivity index (χ0v) is 7.16. The average molecular weight is 177 g/mol. The third kappa shape index (κ3) is 2.59. The van der Waals surface area contributed by atoms with E-state index in [1.165, 1.54) is 6.20 Å². The summed E-state index contributed by atoms with van der Waals surface area (Å²) in [6.45, 7) is 4.20. The number of carbonyl (C=O) groups excluding carboxylic acids is 1. The summed E-state index contributed by atoms with van der Waals surface area (Å²) in [6.07, 6.45) is 3.26. The van der Waals surface area contributed by atoms with E-state index in [1.807, 2.05) is 0 Å². The number of pyridine rings is 1. The first-order chi connectivity index (χ1) is 6.24. The van der Waals surface area contributed by atoms with Crippen molar-refractivity contribution in [2.75, 3.05) is 11.9 Å². The fraction of sp³-hybridized carbons (Fsp3) is 0.111. The largest absolute Gasteiger partial charge is 0.381 e. The molecule has 4 nitrogen and oxygen atoms in total. The van der Waals surface area contributed by atoms with Crippen molar-refractivity contribution in [2.45, 2.75) is 0 Å². The summed E-state index contributed by atoms with van der Waals surface area (Å²) in [4.78, 5) is 14.5. The lowest BCUT2D eigenvalue weighted by atomic mass is 10.3. The van der Waals surface area contributed by atoms with Gasteiger partial charge in [-0.3, -0.25) is 9.78 Å². The topological polar surface area (TPSA) is 68.0 Å². The lowest BCUT2D eigenvalue weighted by molar-refractivity contribution is 0.0995. The predicted octanol–water partition coefficient (Wildman–Crippen LogP) is 0.778. The van der Waals surface area contributed by atoms with Gasteiger partial charge in [-0.15, -0.1) is 6.58 Å². The molecule has 0 radical (unpaired) electrons. The SMILES string of the molecule is C=CCNc1ccnc(C(N)=O)c1. The van der Waals surface area contributed by atoms with Crippen molar-refractivity contribution >= 4 is 11.6 Å². The van der Waals surface area contributed by atoms with Crippen LogP contribution in [0.3, 0.4) is 0 Å². The Morgan fingerprint density at radius 1 is 1.77 bits per heavy atom. The molecule has 1 aromatic rings. The van der Waals surface area contributed by atoms with E-state index in [0.717, 1.165) is 5.69 Å².